The fraction of sp³-hybridized carbons (Fsp3) is 0.583. The maximum Gasteiger partial charge on any atom is 0.214 e. The van der Waals surface area contributed by atoms with Crippen molar-refractivity contribution in [1.29, 1.82) is 0 Å². The van der Waals surface area contributed by atoms with Gasteiger partial charge in [-0.25, -0.2) is 0 Å². The molecule has 3 nitrogen and oxygen atoms in total. The zero-order valence-corrected chi connectivity index (χ0v) is 10.3. The minimum absolute atomic E-state index is 0.670. The zero-order chi connectivity index (χ0) is 11.4. The first-order valence-electron chi connectivity index (χ1n) is 5.65. The molecule has 1 aromatic rings. The Hall–Kier alpha value is -0.960. The van der Waals surface area contributed by atoms with Crippen LogP contribution in [0.3, 0.4) is 0 Å². The number of nitrogens with zero attached hydrogens (tertiary/aromatic N) is 2. The molecule has 1 aliphatic rings. The molecule has 0 atom stereocenters. The van der Waals surface area contributed by atoms with Gasteiger partial charge in [0, 0.05) is 25.0 Å². The molecular weight excluding hydrogens is 224 g/mol. The Morgan fingerprint density at radius 1 is 1.44 bits per heavy atom. The number of pyridine rings is 1. The normalized spacial score (nSPS) is 17.5. The Morgan fingerprint density at radius 2 is 2.19 bits per heavy atom. The average molecular weight is 241 g/mol. The van der Waals surface area contributed by atoms with Crippen molar-refractivity contribution in [3.63, 3.8) is 0 Å². The van der Waals surface area contributed by atoms with Gasteiger partial charge >= 0.3 is 0 Å². The first kappa shape index (κ1) is 11.5. The summed E-state index contributed by atoms with van der Waals surface area (Å²) in [7, 11) is 1.64. The molecule has 1 saturated heterocycles. The van der Waals surface area contributed by atoms with Gasteiger partial charge in [0.1, 0.15) is 5.82 Å². The third kappa shape index (κ3) is 2.59. The molecule has 16 heavy (non-hydrogen) atoms. The molecule has 0 aliphatic carbocycles. The molecule has 0 unspecified atom stereocenters. The molecule has 0 N–H and O–H groups in total. The minimum Gasteiger partial charge on any atom is -0.481 e. The summed E-state index contributed by atoms with van der Waals surface area (Å²) in [6.45, 7) is 2.08. The molecule has 0 saturated carbocycles. The van der Waals surface area contributed by atoms with Crippen LogP contribution in [-0.2, 0) is 0 Å². The molecule has 0 spiro atoms. The van der Waals surface area contributed by atoms with Gasteiger partial charge < -0.3 is 9.64 Å². The van der Waals surface area contributed by atoms with E-state index in [1.807, 2.05) is 18.2 Å². The number of hydrogen-bond donors (Lipinski definition) is 0. The molecule has 1 aromatic heterocycles. The van der Waals surface area contributed by atoms with Crippen LogP contribution in [0.25, 0.3) is 0 Å². The standard InChI is InChI=1S/C12H17ClN2O/c1-16-12-4-2-3-11(14-12)15-7-5-10(9-13)6-8-15/h2-4,10H,5-9H2,1H3. The summed E-state index contributed by atoms with van der Waals surface area (Å²) in [6, 6.07) is 5.88. The van der Waals surface area contributed by atoms with E-state index in [0.717, 1.165) is 37.6 Å². The lowest BCUT2D eigenvalue weighted by Gasteiger charge is -2.31. The maximum absolute atomic E-state index is 5.87. The van der Waals surface area contributed by atoms with Gasteiger partial charge in [0.25, 0.3) is 0 Å². The van der Waals surface area contributed by atoms with Crippen molar-refractivity contribution in [2.75, 3.05) is 31.0 Å². The zero-order valence-electron chi connectivity index (χ0n) is 9.53. The predicted molar refractivity (Wildman–Crippen MR) is 66.4 cm³/mol. The highest BCUT2D eigenvalue weighted by atomic mass is 35.5. The van der Waals surface area contributed by atoms with E-state index < -0.39 is 0 Å². The predicted octanol–water partition coefficient (Wildman–Crippen LogP) is 2.55. The monoisotopic (exact) mass is 240 g/mol. The summed E-state index contributed by atoms with van der Waals surface area (Å²) in [4.78, 5) is 6.73. The number of ether oxygens (including phenoxy) is 1. The molecule has 0 bridgehead atoms. The summed E-state index contributed by atoms with van der Waals surface area (Å²) in [5.74, 6) is 3.13. The number of anilines is 1. The van der Waals surface area contributed by atoms with Crippen LogP contribution in [-0.4, -0.2) is 31.1 Å². The quantitative estimate of drug-likeness (QED) is 0.760. The van der Waals surface area contributed by atoms with Crippen LogP contribution in [0.4, 0.5) is 5.82 Å². The van der Waals surface area contributed by atoms with E-state index in [1.165, 1.54) is 0 Å². The van der Waals surface area contributed by atoms with E-state index in [-0.39, 0.29) is 0 Å². The molecule has 0 radical (unpaired) electrons. The van der Waals surface area contributed by atoms with E-state index in [0.29, 0.717) is 11.8 Å². The largest absolute Gasteiger partial charge is 0.481 e. The number of halogens is 1. The topological polar surface area (TPSA) is 25.4 Å². The second kappa shape index (κ2) is 5.39. The van der Waals surface area contributed by atoms with Gasteiger partial charge in [0.15, 0.2) is 0 Å². The van der Waals surface area contributed by atoms with Gasteiger partial charge in [-0.3, -0.25) is 0 Å². The van der Waals surface area contributed by atoms with Crippen molar-refractivity contribution in [2.45, 2.75) is 12.8 Å². The van der Waals surface area contributed by atoms with Crippen LogP contribution >= 0.6 is 11.6 Å². The van der Waals surface area contributed by atoms with Crippen LogP contribution in [0.5, 0.6) is 5.88 Å². The Kier molecular flexibility index (Phi) is 3.88. The van der Waals surface area contributed by atoms with E-state index in [1.54, 1.807) is 7.11 Å². The van der Waals surface area contributed by atoms with Crippen molar-refractivity contribution < 1.29 is 4.74 Å². The van der Waals surface area contributed by atoms with Crippen LogP contribution < -0.4 is 9.64 Å². The number of hydrogen-bond acceptors (Lipinski definition) is 3. The van der Waals surface area contributed by atoms with Crippen LogP contribution in [0, 0.1) is 5.92 Å². The molecule has 0 aromatic carbocycles. The van der Waals surface area contributed by atoms with E-state index in [9.17, 15) is 0 Å². The van der Waals surface area contributed by atoms with Gasteiger partial charge in [-0.1, -0.05) is 6.07 Å². The smallest absolute Gasteiger partial charge is 0.214 e. The lowest BCUT2D eigenvalue weighted by molar-refractivity contribution is 0.395. The molecule has 4 heteroatoms. The number of methoxy groups -OCH3 is 1. The van der Waals surface area contributed by atoms with Gasteiger partial charge in [-0.05, 0) is 24.8 Å². The second-order valence-corrected chi connectivity index (χ2v) is 4.43. The summed E-state index contributed by atoms with van der Waals surface area (Å²) >= 11 is 5.87. The Morgan fingerprint density at radius 3 is 2.81 bits per heavy atom. The van der Waals surface area contributed by atoms with Gasteiger partial charge in [0.05, 0.1) is 7.11 Å². The summed E-state index contributed by atoms with van der Waals surface area (Å²) in [5, 5.41) is 0. The molecule has 0 amide bonds. The van der Waals surface area contributed by atoms with E-state index in [2.05, 4.69) is 9.88 Å². The Labute approximate surface area is 101 Å². The summed E-state index contributed by atoms with van der Waals surface area (Å²) < 4.78 is 5.13. The van der Waals surface area contributed by atoms with E-state index >= 15 is 0 Å². The number of aromatic nitrogens is 1. The highest BCUT2D eigenvalue weighted by molar-refractivity contribution is 6.18. The first-order chi connectivity index (χ1) is 7.83. The molecule has 1 fully saturated rings. The molecule has 2 heterocycles. The summed E-state index contributed by atoms with van der Waals surface area (Å²) in [5.41, 5.74) is 0. The van der Waals surface area contributed by atoms with Crippen LogP contribution in [0.2, 0.25) is 0 Å². The molecular formula is C12H17ClN2O. The van der Waals surface area contributed by atoms with Crippen LogP contribution in [0.15, 0.2) is 18.2 Å². The lowest BCUT2D eigenvalue weighted by atomic mass is 9.99. The van der Waals surface area contributed by atoms with Crippen molar-refractivity contribution in [3.05, 3.63) is 18.2 Å². The second-order valence-electron chi connectivity index (χ2n) is 4.12. The lowest BCUT2D eigenvalue weighted by Crippen LogP contribution is -2.34. The fourth-order valence-corrected chi connectivity index (χ4v) is 2.32. The van der Waals surface area contributed by atoms with Crippen molar-refractivity contribution in [1.82, 2.24) is 4.98 Å². The SMILES string of the molecule is COc1cccc(N2CCC(CCl)CC2)n1. The van der Waals surface area contributed by atoms with Gasteiger partial charge in [-0.2, -0.15) is 4.98 Å². The van der Waals surface area contributed by atoms with Crippen molar-refractivity contribution in [2.24, 2.45) is 5.92 Å². The van der Waals surface area contributed by atoms with Crippen LogP contribution in [0.1, 0.15) is 12.8 Å². The summed E-state index contributed by atoms with van der Waals surface area (Å²) in [6.07, 6.45) is 2.31. The highest BCUT2D eigenvalue weighted by Gasteiger charge is 2.19. The first-order valence-corrected chi connectivity index (χ1v) is 6.19. The third-order valence-electron chi connectivity index (χ3n) is 3.07. The molecule has 1 aliphatic heterocycles. The Bertz CT molecular complexity index is 338. The number of rotatable bonds is 3. The minimum atomic E-state index is 0.670. The van der Waals surface area contributed by atoms with E-state index in [4.69, 9.17) is 16.3 Å². The van der Waals surface area contributed by atoms with Gasteiger partial charge in [0.2, 0.25) is 5.88 Å². The average Bonchev–Trinajstić information content (AvgIpc) is 2.39. The fourth-order valence-electron chi connectivity index (χ4n) is 2.01. The third-order valence-corrected chi connectivity index (χ3v) is 3.51. The molecule has 88 valence electrons. The number of piperidine rings is 1. The molecule has 2 rings (SSSR count). The van der Waals surface area contributed by atoms with Crippen molar-refractivity contribution in [3.8, 4) is 5.88 Å². The Balaban J connectivity index is 2.02. The van der Waals surface area contributed by atoms with Gasteiger partial charge in [-0.15, -0.1) is 11.6 Å². The maximum atomic E-state index is 5.87. The highest BCUT2D eigenvalue weighted by Crippen LogP contribution is 2.23. The van der Waals surface area contributed by atoms with Crippen molar-refractivity contribution >= 4 is 17.4 Å². The number of alkyl halides is 1.